The number of aromatic nitrogens is 2. The Morgan fingerprint density at radius 2 is 2.31 bits per heavy atom. The van der Waals surface area contributed by atoms with Crippen molar-refractivity contribution in [2.45, 2.75) is 26.3 Å². The average molecular weight is 220 g/mol. The van der Waals surface area contributed by atoms with E-state index in [2.05, 4.69) is 21.5 Å². The molecule has 0 fully saturated rings. The van der Waals surface area contributed by atoms with Crippen molar-refractivity contribution in [2.75, 3.05) is 17.4 Å². The van der Waals surface area contributed by atoms with Gasteiger partial charge in [-0.15, -0.1) is 0 Å². The molecule has 0 aliphatic rings. The van der Waals surface area contributed by atoms with Gasteiger partial charge in [0.25, 0.3) is 0 Å². The molecule has 0 spiro atoms. The summed E-state index contributed by atoms with van der Waals surface area (Å²) in [5.41, 5.74) is 3.39. The van der Waals surface area contributed by atoms with Crippen LogP contribution in [-0.2, 0) is 0 Å². The van der Waals surface area contributed by atoms with Crippen LogP contribution in [0, 0.1) is 18.3 Å². The maximum absolute atomic E-state index is 8.66. The van der Waals surface area contributed by atoms with Gasteiger partial charge in [-0.05, 0) is 13.8 Å². The van der Waals surface area contributed by atoms with Gasteiger partial charge in [0.05, 0.1) is 12.5 Å². The Hall–Kier alpha value is -1.87. The molecule has 0 aromatic carbocycles. The van der Waals surface area contributed by atoms with Crippen LogP contribution in [0.25, 0.3) is 0 Å². The van der Waals surface area contributed by atoms with Gasteiger partial charge in [-0.1, -0.05) is 0 Å². The third-order valence-corrected chi connectivity index (χ3v) is 2.58. The van der Waals surface area contributed by atoms with E-state index in [0.29, 0.717) is 12.2 Å². The number of nitrogens with one attached hydrogen (secondary N) is 1. The van der Waals surface area contributed by atoms with Crippen LogP contribution in [0.5, 0.6) is 0 Å². The molecule has 1 atom stereocenters. The molecular weight excluding hydrogens is 204 g/mol. The van der Waals surface area contributed by atoms with Crippen molar-refractivity contribution in [3.05, 3.63) is 11.9 Å². The molecule has 0 aliphatic carbocycles. The molecule has 6 nitrogen and oxygen atoms in total. The van der Waals surface area contributed by atoms with Crippen molar-refractivity contribution >= 4 is 11.6 Å². The van der Waals surface area contributed by atoms with Crippen LogP contribution in [0.15, 0.2) is 6.33 Å². The summed E-state index contributed by atoms with van der Waals surface area (Å²) in [6.07, 6.45) is 1.90. The van der Waals surface area contributed by atoms with E-state index in [0.717, 1.165) is 11.4 Å². The molecule has 86 valence electrons. The second kappa shape index (κ2) is 5.28. The summed E-state index contributed by atoms with van der Waals surface area (Å²) in [6.45, 7) is 3.86. The number of nitrogens with two attached hydrogens (primary N) is 1. The summed E-state index contributed by atoms with van der Waals surface area (Å²) in [5.74, 6) is 6.72. The predicted octanol–water partition coefficient (Wildman–Crippen LogP) is 0.809. The third kappa shape index (κ3) is 2.38. The van der Waals surface area contributed by atoms with Gasteiger partial charge in [-0.2, -0.15) is 5.26 Å². The molecule has 3 N–H and O–H groups in total. The van der Waals surface area contributed by atoms with Gasteiger partial charge < -0.3 is 10.3 Å². The molecule has 1 unspecified atom stereocenters. The number of hydrazine groups is 1. The Kier molecular flexibility index (Phi) is 4.03. The fourth-order valence-electron chi connectivity index (χ4n) is 1.42. The number of nitrogens with zero attached hydrogens (tertiary/aromatic N) is 4. The standard InChI is InChI=1S/C10H16N6/c1-7(4-5-11)16(3)10-8(2)9(15-12)13-6-14-10/h6-7H,4,12H2,1-3H3,(H,13,14,15). The van der Waals surface area contributed by atoms with Crippen LogP contribution in [0.2, 0.25) is 0 Å². The number of rotatable bonds is 4. The van der Waals surface area contributed by atoms with Crippen LogP contribution in [0.1, 0.15) is 18.9 Å². The highest BCUT2D eigenvalue weighted by Crippen LogP contribution is 2.22. The van der Waals surface area contributed by atoms with E-state index >= 15 is 0 Å². The van der Waals surface area contributed by atoms with Gasteiger partial charge >= 0.3 is 0 Å². The Bertz CT molecular complexity index is 397. The van der Waals surface area contributed by atoms with E-state index in [1.54, 1.807) is 0 Å². The van der Waals surface area contributed by atoms with Gasteiger partial charge in [-0.25, -0.2) is 15.8 Å². The zero-order valence-corrected chi connectivity index (χ0v) is 9.73. The largest absolute Gasteiger partial charge is 0.356 e. The molecule has 0 bridgehead atoms. The van der Waals surface area contributed by atoms with Gasteiger partial charge in [0.2, 0.25) is 0 Å². The van der Waals surface area contributed by atoms with E-state index in [4.69, 9.17) is 11.1 Å². The van der Waals surface area contributed by atoms with Crippen LogP contribution in [0.4, 0.5) is 11.6 Å². The van der Waals surface area contributed by atoms with Gasteiger partial charge in [-0.3, -0.25) is 0 Å². The SMILES string of the molecule is Cc1c(NN)ncnc1N(C)C(C)CC#N. The van der Waals surface area contributed by atoms with Gasteiger partial charge in [0.15, 0.2) is 0 Å². The van der Waals surface area contributed by atoms with Crippen LogP contribution in [-0.4, -0.2) is 23.1 Å². The molecule has 16 heavy (non-hydrogen) atoms. The lowest BCUT2D eigenvalue weighted by Gasteiger charge is -2.25. The first kappa shape index (κ1) is 12.2. The highest BCUT2D eigenvalue weighted by Gasteiger charge is 2.15. The minimum Gasteiger partial charge on any atom is -0.356 e. The number of nitriles is 1. The number of anilines is 2. The number of nitrogen functional groups attached to an aromatic ring is 1. The van der Waals surface area contributed by atoms with Gasteiger partial charge in [0, 0.05) is 18.7 Å². The smallest absolute Gasteiger partial charge is 0.148 e. The first-order valence-electron chi connectivity index (χ1n) is 4.99. The normalized spacial score (nSPS) is 11.7. The van der Waals surface area contributed by atoms with E-state index < -0.39 is 0 Å². The summed E-state index contributed by atoms with van der Waals surface area (Å²) in [5, 5.41) is 8.66. The zero-order chi connectivity index (χ0) is 12.1. The minimum atomic E-state index is 0.101. The second-order valence-electron chi connectivity index (χ2n) is 3.64. The van der Waals surface area contributed by atoms with Gasteiger partial charge in [0.1, 0.15) is 18.0 Å². The fraction of sp³-hybridized carbons (Fsp3) is 0.500. The number of hydrogen-bond donors (Lipinski definition) is 2. The van der Waals surface area contributed by atoms with Crippen LogP contribution < -0.4 is 16.2 Å². The maximum atomic E-state index is 8.66. The Labute approximate surface area is 95.1 Å². The fourth-order valence-corrected chi connectivity index (χ4v) is 1.42. The highest BCUT2D eigenvalue weighted by atomic mass is 15.3. The van der Waals surface area contributed by atoms with Crippen molar-refractivity contribution in [3.8, 4) is 6.07 Å². The lowest BCUT2D eigenvalue weighted by Crippen LogP contribution is -2.30. The molecule has 0 radical (unpaired) electrons. The Balaban J connectivity index is 3.00. The van der Waals surface area contributed by atoms with E-state index in [-0.39, 0.29) is 6.04 Å². The molecular formula is C10H16N6. The van der Waals surface area contributed by atoms with Crippen LogP contribution >= 0.6 is 0 Å². The van der Waals surface area contributed by atoms with Crippen molar-refractivity contribution in [1.29, 1.82) is 5.26 Å². The van der Waals surface area contributed by atoms with Crippen molar-refractivity contribution in [1.82, 2.24) is 9.97 Å². The number of hydrogen-bond acceptors (Lipinski definition) is 6. The van der Waals surface area contributed by atoms with Crippen molar-refractivity contribution in [3.63, 3.8) is 0 Å². The van der Waals surface area contributed by atoms with Crippen molar-refractivity contribution < 1.29 is 0 Å². The third-order valence-electron chi connectivity index (χ3n) is 2.58. The maximum Gasteiger partial charge on any atom is 0.148 e. The average Bonchev–Trinajstić information content (AvgIpc) is 2.29. The predicted molar refractivity (Wildman–Crippen MR) is 62.7 cm³/mol. The molecule has 1 aromatic rings. The summed E-state index contributed by atoms with van der Waals surface area (Å²) < 4.78 is 0. The molecule has 0 saturated carbocycles. The quantitative estimate of drug-likeness (QED) is 0.576. The second-order valence-corrected chi connectivity index (χ2v) is 3.64. The lowest BCUT2D eigenvalue weighted by molar-refractivity contribution is 0.690. The van der Waals surface area contributed by atoms with E-state index in [9.17, 15) is 0 Å². The molecule has 1 heterocycles. The molecule has 1 aromatic heterocycles. The Morgan fingerprint density at radius 1 is 1.62 bits per heavy atom. The molecule has 0 saturated heterocycles. The summed E-state index contributed by atoms with van der Waals surface area (Å²) in [4.78, 5) is 10.2. The highest BCUT2D eigenvalue weighted by molar-refractivity contribution is 5.57. The lowest BCUT2D eigenvalue weighted by atomic mass is 10.2. The topological polar surface area (TPSA) is 90.9 Å². The minimum absolute atomic E-state index is 0.101. The first-order valence-corrected chi connectivity index (χ1v) is 4.99. The first-order chi connectivity index (χ1) is 7.61. The monoisotopic (exact) mass is 220 g/mol. The summed E-state index contributed by atoms with van der Waals surface area (Å²) in [7, 11) is 1.90. The van der Waals surface area contributed by atoms with Crippen molar-refractivity contribution in [2.24, 2.45) is 5.84 Å². The summed E-state index contributed by atoms with van der Waals surface area (Å²) in [6, 6.07) is 2.24. The summed E-state index contributed by atoms with van der Waals surface area (Å²) >= 11 is 0. The van der Waals surface area contributed by atoms with E-state index in [1.807, 2.05) is 25.8 Å². The Morgan fingerprint density at radius 3 is 2.88 bits per heavy atom. The van der Waals surface area contributed by atoms with Crippen LogP contribution in [0.3, 0.4) is 0 Å². The molecule has 0 amide bonds. The zero-order valence-electron chi connectivity index (χ0n) is 9.73. The van der Waals surface area contributed by atoms with E-state index in [1.165, 1.54) is 6.33 Å². The molecule has 0 aliphatic heterocycles. The molecule has 6 heteroatoms. The molecule has 1 rings (SSSR count).